The van der Waals surface area contributed by atoms with Crippen molar-refractivity contribution in [3.63, 3.8) is 0 Å². The van der Waals surface area contributed by atoms with Crippen LogP contribution >= 0.6 is 11.8 Å². The summed E-state index contributed by atoms with van der Waals surface area (Å²) in [6.45, 7) is 5.82. The minimum atomic E-state index is -0.399. The zero-order valence-corrected chi connectivity index (χ0v) is 19.0. The predicted octanol–water partition coefficient (Wildman–Crippen LogP) is 3.19. The fourth-order valence-electron chi connectivity index (χ4n) is 3.02. The van der Waals surface area contributed by atoms with Gasteiger partial charge >= 0.3 is 0 Å². The predicted molar refractivity (Wildman–Crippen MR) is 125 cm³/mol. The lowest BCUT2D eigenvalue weighted by molar-refractivity contribution is -0.124. The first-order valence-electron chi connectivity index (χ1n) is 10.2. The molecule has 0 aromatic heterocycles. The number of rotatable bonds is 7. The molecule has 0 spiro atoms. The summed E-state index contributed by atoms with van der Waals surface area (Å²) in [5.41, 5.74) is 4.51. The first-order valence-corrected chi connectivity index (χ1v) is 11.0. The number of carbonyl (C=O) groups excluding carboxylic acids is 4. The van der Waals surface area contributed by atoms with Crippen molar-refractivity contribution in [3.05, 3.63) is 75.2 Å². The van der Waals surface area contributed by atoms with E-state index in [1.54, 1.807) is 18.2 Å². The van der Waals surface area contributed by atoms with Gasteiger partial charge in [0.1, 0.15) is 0 Å². The minimum absolute atomic E-state index is 0.0622. The smallest absolute Gasteiger partial charge is 0.293 e. The molecule has 1 aliphatic heterocycles. The van der Waals surface area contributed by atoms with E-state index in [4.69, 9.17) is 0 Å². The average Bonchev–Trinajstić information content (AvgIpc) is 3.02. The van der Waals surface area contributed by atoms with E-state index >= 15 is 0 Å². The molecule has 0 bridgehead atoms. The van der Waals surface area contributed by atoms with Gasteiger partial charge in [-0.15, -0.1) is 0 Å². The van der Waals surface area contributed by atoms with Crippen molar-refractivity contribution >= 4 is 40.8 Å². The quantitative estimate of drug-likeness (QED) is 0.631. The van der Waals surface area contributed by atoms with Gasteiger partial charge in [0.2, 0.25) is 5.91 Å². The molecule has 1 saturated heterocycles. The van der Waals surface area contributed by atoms with Crippen molar-refractivity contribution in [2.45, 2.75) is 20.8 Å². The minimum Gasteiger partial charge on any atom is -0.353 e. The number of amides is 4. The molecule has 4 amide bonds. The first-order chi connectivity index (χ1) is 15.2. The Balaban J connectivity index is 1.46. The number of thioether (sulfide) groups is 1. The lowest BCUT2D eigenvalue weighted by Gasteiger charge is -2.13. The van der Waals surface area contributed by atoms with Gasteiger partial charge in [-0.25, -0.2) is 0 Å². The number of nitrogens with one attached hydrogen (secondary N) is 2. The number of imide groups is 1. The lowest BCUT2D eigenvalue weighted by Crippen LogP contribution is -2.41. The van der Waals surface area contributed by atoms with Gasteiger partial charge in [-0.2, -0.15) is 0 Å². The van der Waals surface area contributed by atoms with Gasteiger partial charge in [0.15, 0.2) is 0 Å². The Morgan fingerprint density at radius 2 is 1.69 bits per heavy atom. The van der Waals surface area contributed by atoms with E-state index in [0.29, 0.717) is 10.5 Å². The number of hydrogen-bond acceptors (Lipinski definition) is 5. The van der Waals surface area contributed by atoms with E-state index in [2.05, 4.69) is 10.6 Å². The van der Waals surface area contributed by atoms with Crippen LogP contribution in [0.2, 0.25) is 0 Å². The zero-order chi connectivity index (χ0) is 23.3. The normalized spacial score (nSPS) is 14.7. The third-order valence-corrected chi connectivity index (χ3v) is 5.99. The Kier molecular flexibility index (Phi) is 7.48. The largest absolute Gasteiger partial charge is 0.353 e. The third kappa shape index (κ3) is 5.85. The Morgan fingerprint density at radius 3 is 2.38 bits per heavy atom. The number of benzene rings is 2. The molecule has 2 aromatic carbocycles. The van der Waals surface area contributed by atoms with Gasteiger partial charge in [-0.3, -0.25) is 24.1 Å². The van der Waals surface area contributed by atoms with Crippen LogP contribution in [0.4, 0.5) is 4.79 Å². The van der Waals surface area contributed by atoms with E-state index in [-0.39, 0.29) is 36.7 Å². The summed E-state index contributed by atoms with van der Waals surface area (Å²) < 4.78 is 0. The van der Waals surface area contributed by atoms with Crippen LogP contribution in [0.25, 0.3) is 6.08 Å². The van der Waals surface area contributed by atoms with Gasteiger partial charge < -0.3 is 10.6 Å². The molecule has 1 fully saturated rings. The van der Waals surface area contributed by atoms with Crippen molar-refractivity contribution in [2.24, 2.45) is 0 Å². The molecule has 0 aliphatic carbocycles. The van der Waals surface area contributed by atoms with E-state index < -0.39 is 5.91 Å². The average molecular weight is 452 g/mol. The van der Waals surface area contributed by atoms with Crippen molar-refractivity contribution < 1.29 is 19.2 Å². The molecule has 0 saturated carbocycles. The highest BCUT2D eigenvalue weighted by molar-refractivity contribution is 8.18. The topological polar surface area (TPSA) is 95.6 Å². The molecule has 1 aliphatic rings. The van der Waals surface area contributed by atoms with Crippen LogP contribution < -0.4 is 10.6 Å². The molecule has 8 heteroatoms. The van der Waals surface area contributed by atoms with Crippen molar-refractivity contribution in [3.8, 4) is 0 Å². The number of aryl methyl sites for hydroxylation is 3. The molecule has 0 atom stereocenters. The van der Waals surface area contributed by atoms with E-state index in [9.17, 15) is 19.2 Å². The molecule has 2 N–H and O–H groups in total. The first kappa shape index (κ1) is 23.3. The summed E-state index contributed by atoms with van der Waals surface area (Å²) in [5.74, 6) is -1.11. The van der Waals surface area contributed by atoms with E-state index in [1.165, 1.54) is 0 Å². The van der Waals surface area contributed by atoms with Crippen molar-refractivity contribution in [1.29, 1.82) is 0 Å². The van der Waals surface area contributed by atoms with Gasteiger partial charge in [-0.05, 0) is 67.4 Å². The monoisotopic (exact) mass is 451 g/mol. The summed E-state index contributed by atoms with van der Waals surface area (Å²) in [7, 11) is 0. The van der Waals surface area contributed by atoms with E-state index in [1.807, 2.05) is 51.1 Å². The van der Waals surface area contributed by atoms with Crippen LogP contribution in [0.3, 0.4) is 0 Å². The fourth-order valence-corrected chi connectivity index (χ4v) is 3.89. The summed E-state index contributed by atoms with van der Waals surface area (Å²) in [6, 6.07) is 13.0. The SMILES string of the molecule is Cc1ccc(/C=C2/SC(=O)N(CCNC(=O)CNC(=O)c3ccc(C)c(C)c3)C2=O)cc1. The molecule has 1 heterocycles. The van der Waals surface area contributed by atoms with Crippen LogP contribution in [0, 0.1) is 20.8 Å². The molecular formula is C24H25N3O4S. The standard InChI is InChI=1S/C24H25N3O4S/c1-15-4-7-18(8-5-15)13-20-23(30)27(24(31)32-20)11-10-25-21(28)14-26-22(29)19-9-6-16(2)17(3)12-19/h4-9,12-13H,10-11,14H2,1-3H3,(H,25,28)(H,26,29)/b20-13+. The second-order valence-corrected chi connectivity index (χ2v) is 8.57. The molecule has 32 heavy (non-hydrogen) atoms. The fraction of sp³-hybridized carbons (Fsp3) is 0.250. The third-order valence-electron chi connectivity index (χ3n) is 5.08. The van der Waals surface area contributed by atoms with Gasteiger partial charge in [0.05, 0.1) is 11.4 Å². The highest BCUT2D eigenvalue weighted by Gasteiger charge is 2.34. The second kappa shape index (κ2) is 10.3. The molecule has 0 unspecified atom stereocenters. The number of carbonyl (C=O) groups is 4. The maximum Gasteiger partial charge on any atom is 0.293 e. The van der Waals surface area contributed by atoms with Gasteiger partial charge in [-0.1, -0.05) is 35.9 Å². The van der Waals surface area contributed by atoms with Gasteiger partial charge in [0, 0.05) is 18.7 Å². The number of hydrogen-bond donors (Lipinski definition) is 2. The van der Waals surface area contributed by atoms with Gasteiger partial charge in [0.25, 0.3) is 17.1 Å². The molecule has 0 radical (unpaired) electrons. The molecule has 166 valence electrons. The van der Waals surface area contributed by atoms with Crippen LogP contribution in [0.1, 0.15) is 32.6 Å². The summed E-state index contributed by atoms with van der Waals surface area (Å²) in [5, 5.41) is 4.82. The lowest BCUT2D eigenvalue weighted by atomic mass is 10.1. The molecule has 3 rings (SSSR count). The molecule has 2 aromatic rings. The van der Waals surface area contributed by atoms with Crippen LogP contribution in [-0.2, 0) is 9.59 Å². The molecular weight excluding hydrogens is 426 g/mol. The molecule has 7 nitrogen and oxygen atoms in total. The van der Waals surface area contributed by atoms with Crippen LogP contribution in [0.5, 0.6) is 0 Å². The maximum absolute atomic E-state index is 12.5. The Morgan fingerprint density at radius 1 is 0.969 bits per heavy atom. The van der Waals surface area contributed by atoms with Crippen molar-refractivity contribution in [1.82, 2.24) is 15.5 Å². The van der Waals surface area contributed by atoms with E-state index in [0.717, 1.165) is 38.9 Å². The number of nitrogens with zero attached hydrogens (tertiary/aromatic N) is 1. The Hall–Kier alpha value is -3.39. The summed E-state index contributed by atoms with van der Waals surface area (Å²) >= 11 is 0.882. The maximum atomic E-state index is 12.5. The highest BCUT2D eigenvalue weighted by Crippen LogP contribution is 2.31. The summed E-state index contributed by atoms with van der Waals surface area (Å²) in [4.78, 5) is 50.4. The van der Waals surface area contributed by atoms with Crippen molar-refractivity contribution in [2.75, 3.05) is 19.6 Å². The van der Waals surface area contributed by atoms with Crippen LogP contribution in [-0.4, -0.2) is 47.5 Å². The second-order valence-electron chi connectivity index (χ2n) is 7.58. The zero-order valence-electron chi connectivity index (χ0n) is 18.2. The Labute approximate surface area is 191 Å². The van der Waals surface area contributed by atoms with Crippen LogP contribution in [0.15, 0.2) is 47.4 Å². The summed E-state index contributed by atoms with van der Waals surface area (Å²) in [6.07, 6.45) is 1.69. The highest BCUT2D eigenvalue weighted by atomic mass is 32.2. The Bertz CT molecular complexity index is 1090.